The highest BCUT2D eigenvalue weighted by atomic mass is 32.5. The maximum absolute atomic E-state index is 9.22. The average Bonchev–Trinajstić information content (AvgIpc) is 2.03. The molecular formula is C8H11O2PS. The minimum absolute atomic E-state index is 0.339. The molecule has 4 heteroatoms. The fraction of sp³-hybridized carbons (Fsp3) is 0.250. The quantitative estimate of drug-likeness (QED) is 0.721. The molecule has 0 fully saturated rings. The fourth-order valence-corrected chi connectivity index (χ4v) is 1.85. The molecule has 0 bridgehead atoms. The summed E-state index contributed by atoms with van der Waals surface area (Å²) in [7, 11) is 0. The Morgan fingerprint density at radius 1 is 1.25 bits per heavy atom. The first kappa shape index (κ1) is 9.87. The normalized spacial score (nSPS) is 14.2. The van der Waals surface area contributed by atoms with E-state index in [0.29, 0.717) is 0 Å². The van der Waals surface area contributed by atoms with Crippen LogP contribution in [0.5, 0.6) is 0 Å². The minimum Gasteiger partial charge on any atom is -0.345 e. The predicted molar refractivity (Wildman–Crippen MR) is 53.6 cm³/mol. The SMILES string of the molecule is CC(c1ccccc1)P(O)(O)=S. The van der Waals surface area contributed by atoms with Gasteiger partial charge in [0.25, 0.3) is 0 Å². The molecule has 0 aliphatic rings. The molecule has 1 aromatic carbocycles. The van der Waals surface area contributed by atoms with Gasteiger partial charge in [-0.25, -0.2) is 0 Å². The number of hydrogen-bond acceptors (Lipinski definition) is 1. The van der Waals surface area contributed by atoms with Gasteiger partial charge in [0.15, 0.2) is 6.49 Å². The molecule has 0 spiro atoms. The lowest BCUT2D eigenvalue weighted by Crippen LogP contribution is -1.93. The molecule has 12 heavy (non-hydrogen) atoms. The summed E-state index contributed by atoms with van der Waals surface area (Å²) in [6.07, 6.45) is 0. The Morgan fingerprint density at radius 2 is 1.75 bits per heavy atom. The minimum atomic E-state index is -3.15. The van der Waals surface area contributed by atoms with Crippen molar-refractivity contribution < 1.29 is 9.79 Å². The predicted octanol–water partition coefficient (Wildman–Crippen LogP) is 2.04. The third-order valence-electron chi connectivity index (χ3n) is 1.79. The molecule has 0 amide bonds. The second kappa shape index (κ2) is 3.67. The summed E-state index contributed by atoms with van der Waals surface area (Å²) in [6, 6.07) is 9.29. The van der Waals surface area contributed by atoms with Gasteiger partial charge in [-0.3, -0.25) is 0 Å². The summed E-state index contributed by atoms with van der Waals surface area (Å²) in [5, 5.41) is 0. The summed E-state index contributed by atoms with van der Waals surface area (Å²) in [6.45, 7) is -1.41. The second-order valence-electron chi connectivity index (χ2n) is 2.68. The van der Waals surface area contributed by atoms with Gasteiger partial charge in [-0.15, -0.1) is 0 Å². The molecule has 1 unspecified atom stereocenters. The van der Waals surface area contributed by atoms with Gasteiger partial charge in [0.1, 0.15) is 0 Å². The first-order valence-electron chi connectivity index (χ1n) is 3.62. The summed E-state index contributed by atoms with van der Waals surface area (Å²) in [5.41, 5.74) is 0.541. The van der Waals surface area contributed by atoms with Crippen molar-refractivity contribution in [2.75, 3.05) is 0 Å². The van der Waals surface area contributed by atoms with Crippen molar-refractivity contribution in [3.8, 4) is 0 Å². The van der Waals surface area contributed by atoms with Gasteiger partial charge in [-0.1, -0.05) is 30.3 Å². The van der Waals surface area contributed by atoms with E-state index in [1.807, 2.05) is 30.3 Å². The molecule has 1 atom stereocenters. The van der Waals surface area contributed by atoms with Crippen LogP contribution in [0, 0.1) is 0 Å². The van der Waals surface area contributed by atoms with Crippen LogP contribution in [0.2, 0.25) is 0 Å². The molecule has 0 aliphatic heterocycles. The Bertz CT molecular complexity index is 293. The van der Waals surface area contributed by atoms with E-state index in [1.165, 1.54) is 0 Å². The molecule has 1 aromatic rings. The smallest absolute Gasteiger partial charge is 0.190 e. The van der Waals surface area contributed by atoms with Gasteiger partial charge < -0.3 is 9.79 Å². The lowest BCUT2D eigenvalue weighted by atomic mass is 10.2. The number of rotatable bonds is 2. The molecule has 1 rings (SSSR count). The van der Waals surface area contributed by atoms with E-state index >= 15 is 0 Å². The lowest BCUT2D eigenvalue weighted by Gasteiger charge is -2.16. The molecule has 0 aromatic heterocycles. The number of hydrogen-bond donors (Lipinski definition) is 2. The van der Waals surface area contributed by atoms with Crippen LogP contribution in [0.25, 0.3) is 0 Å². The molecule has 2 nitrogen and oxygen atoms in total. The van der Waals surface area contributed by atoms with Gasteiger partial charge in [0, 0.05) is 0 Å². The van der Waals surface area contributed by atoms with Gasteiger partial charge in [0.2, 0.25) is 0 Å². The first-order chi connectivity index (χ1) is 5.52. The van der Waals surface area contributed by atoms with Crippen LogP contribution < -0.4 is 0 Å². The third-order valence-corrected chi connectivity index (χ3v) is 4.04. The Balaban J connectivity index is 2.94. The van der Waals surface area contributed by atoms with Crippen LogP contribution in [0.15, 0.2) is 30.3 Å². The highest BCUT2D eigenvalue weighted by Gasteiger charge is 2.19. The van der Waals surface area contributed by atoms with E-state index in [9.17, 15) is 9.79 Å². The molecule has 0 radical (unpaired) electrons. The standard InChI is InChI=1S/C8H11O2PS/c1-7(11(9,10)12)8-5-3-2-4-6-8/h2-7H,1H3,(H2,9,10,12). The van der Waals surface area contributed by atoms with E-state index in [0.717, 1.165) is 5.56 Å². The zero-order valence-electron chi connectivity index (χ0n) is 6.71. The highest BCUT2D eigenvalue weighted by molar-refractivity contribution is 8.09. The van der Waals surface area contributed by atoms with Crippen molar-refractivity contribution in [2.24, 2.45) is 0 Å². The molecule has 0 aliphatic carbocycles. The van der Waals surface area contributed by atoms with Crippen LogP contribution in [0.1, 0.15) is 18.1 Å². The van der Waals surface area contributed by atoms with Crippen molar-refractivity contribution in [2.45, 2.75) is 12.6 Å². The maximum Gasteiger partial charge on any atom is 0.190 e. The van der Waals surface area contributed by atoms with Gasteiger partial charge in [-0.2, -0.15) is 0 Å². The second-order valence-corrected chi connectivity index (χ2v) is 6.24. The first-order valence-corrected chi connectivity index (χ1v) is 6.39. The summed E-state index contributed by atoms with van der Waals surface area (Å²) in [4.78, 5) is 18.4. The lowest BCUT2D eigenvalue weighted by molar-refractivity contribution is 0.466. The average molecular weight is 202 g/mol. The van der Waals surface area contributed by atoms with E-state index in [-0.39, 0.29) is 5.66 Å². The maximum atomic E-state index is 9.22. The molecular weight excluding hydrogens is 191 g/mol. The largest absolute Gasteiger partial charge is 0.345 e. The summed E-state index contributed by atoms with van der Waals surface area (Å²) >= 11 is 4.61. The highest BCUT2D eigenvalue weighted by Crippen LogP contribution is 2.51. The summed E-state index contributed by atoms with van der Waals surface area (Å²) < 4.78 is 0. The van der Waals surface area contributed by atoms with E-state index in [1.54, 1.807) is 6.92 Å². The zero-order valence-corrected chi connectivity index (χ0v) is 8.42. The molecule has 0 heterocycles. The fourth-order valence-electron chi connectivity index (χ4n) is 0.926. The van der Waals surface area contributed by atoms with E-state index in [4.69, 9.17) is 0 Å². The molecule has 0 saturated heterocycles. The van der Waals surface area contributed by atoms with Crippen LogP contribution >= 0.6 is 6.49 Å². The Kier molecular flexibility index (Phi) is 3.02. The molecule has 66 valence electrons. The van der Waals surface area contributed by atoms with Crippen LogP contribution in [0.3, 0.4) is 0 Å². The zero-order chi connectivity index (χ0) is 9.19. The van der Waals surface area contributed by atoms with Crippen molar-refractivity contribution in [1.82, 2.24) is 0 Å². The van der Waals surface area contributed by atoms with Crippen LogP contribution in [-0.4, -0.2) is 9.79 Å². The Labute approximate surface area is 77.0 Å². The Morgan fingerprint density at radius 3 is 2.17 bits per heavy atom. The monoisotopic (exact) mass is 202 g/mol. The molecule has 0 saturated carbocycles. The summed E-state index contributed by atoms with van der Waals surface area (Å²) in [5.74, 6) is 0. The Hall–Kier alpha value is -0.210. The van der Waals surface area contributed by atoms with E-state index < -0.39 is 6.49 Å². The van der Waals surface area contributed by atoms with Crippen molar-refractivity contribution in [3.63, 3.8) is 0 Å². The van der Waals surface area contributed by atoms with Gasteiger partial charge >= 0.3 is 0 Å². The number of benzene rings is 1. The topological polar surface area (TPSA) is 40.5 Å². The van der Waals surface area contributed by atoms with Gasteiger partial charge in [-0.05, 0) is 24.3 Å². The van der Waals surface area contributed by atoms with Gasteiger partial charge in [0.05, 0.1) is 5.66 Å². The van der Waals surface area contributed by atoms with Crippen LogP contribution in [-0.2, 0) is 11.8 Å². The van der Waals surface area contributed by atoms with E-state index in [2.05, 4.69) is 11.8 Å². The van der Waals surface area contributed by atoms with Crippen LogP contribution in [0.4, 0.5) is 0 Å². The molecule has 2 N–H and O–H groups in total. The van der Waals surface area contributed by atoms with Crippen molar-refractivity contribution in [1.29, 1.82) is 0 Å². The van der Waals surface area contributed by atoms with Crippen molar-refractivity contribution in [3.05, 3.63) is 35.9 Å². The van der Waals surface area contributed by atoms with Crippen molar-refractivity contribution >= 4 is 18.3 Å². The third kappa shape index (κ3) is 2.39.